The molecule has 142 valence electrons. The Morgan fingerprint density at radius 3 is 2.72 bits per heavy atom. The Morgan fingerprint density at radius 1 is 1.40 bits per heavy atom. The average Bonchev–Trinajstić information content (AvgIpc) is 2.60. The molecule has 0 aromatic heterocycles. The number of phenols is 1. The summed E-state index contributed by atoms with van der Waals surface area (Å²) < 4.78 is 18.5. The normalized spacial score (nSPS) is 16.4. The van der Waals surface area contributed by atoms with Crippen molar-refractivity contribution in [1.82, 2.24) is 15.5 Å². The SMILES string of the molecule is CN=C(NCc1ccc(O)c(F)c1)NC1CCN(CCOC)CC1.I. The molecule has 6 nitrogen and oxygen atoms in total. The highest BCUT2D eigenvalue weighted by Crippen LogP contribution is 2.16. The Kier molecular flexibility index (Phi) is 10.1. The molecule has 0 amide bonds. The van der Waals surface area contributed by atoms with Gasteiger partial charge in [0.25, 0.3) is 0 Å². The smallest absolute Gasteiger partial charge is 0.191 e. The van der Waals surface area contributed by atoms with E-state index < -0.39 is 5.82 Å². The number of piperidine rings is 1. The molecule has 3 N–H and O–H groups in total. The van der Waals surface area contributed by atoms with Gasteiger partial charge in [0.1, 0.15) is 0 Å². The molecule has 0 saturated carbocycles. The van der Waals surface area contributed by atoms with Crippen LogP contribution < -0.4 is 10.6 Å². The topological polar surface area (TPSA) is 69.1 Å². The van der Waals surface area contributed by atoms with Gasteiger partial charge in [-0.05, 0) is 30.5 Å². The number of benzene rings is 1. The van der Waals surface area contributed by atoms with E-state index in [1.54, 1.807) is 20.2 Å². The number of methoxy groups -OCH3 is 1. The number of aromatic hydroxyl groups is 1. The van der Waals surface area contributed by atoms with E-state index in [0.29, 0.717) is 18.5 Å². The standard InChI is InChI=1S/C17H27FN4O2.HI/c1-19-17(20-12-13-3-4-16(23)15(18)11-13)21-14-5-7-22(8-6-14)9-10-24-2;/h3-4,11,14,23H,5-10,12H2,1-2H3,(H2,19,20,21);1H. The maximum Gasteiger partial charge on any atom is 0.191 e. The van der Waals surface area contributed by atoms with Crippen molar-refractivity contribution >= 4 is 29.9 Å². The zero-order chi connectivity index (χ0) is 17.4. The van der Waals surface area contributed by atoms with Crippen molar-refractivity contribution in [2.45, 2.75) is 25.4 Å². The number of nitrogens with one attached hydrogen (secondary N) is 2. The fourth-order valence-electron chi connectivity index (χ4n) is 2.76. The van der Waals surface area contributed by atoms with Crippen LogP contribution in [0.3, 0.4) is 0 Å². The second-order valence-corrected chi connectivity index (χ2v) is 5.96. The van der Waals surface area contributed by atoms with E-state index in [1.807, 2.05) is 0 Å². The van der Waals surface area contributed by atoms with E-state index in [-0.39, 0.29) is 29.7 Å². The third-order valence-corrected chi connectivity index (χ3v) is 4.24. The molecule has 1 aromatic carbocycles. The van der Waals surface area contributed by atoms with E-state index in [2.05, 4.69) is 20.5 Å². The molecule has 1 aliphatic rings. The lowest BCUT2D eigenvalue weighted by Crippen LogP contribution is -2.48. The first-order chi connectivity index (χ1) is 11.6. The maximum absolute atomic E-state index is 13.3. The highest BCUT2D eigenvalue weighted by molar-refractivity contribution is 14.0. The summed E-state index contributed by atoms with van der Waals surface area (Å²) in [5, 5.41) is 15.8. The van der Waals surface area contributed by atoms with Crippen molar-refractivity contribution in [3.63, 3.8) is 0 Å². The zero-order valence-corrected chi connectivity index (χ0v) is 17.1. The zero-order valence-electron chi connectivity index (χ0n) is 14.8. The highest BCUT2D eigenvalue weighted by Gasteiger charge is 2.19. The van der Waals surface area contributed by atoms with Crippen molar-refractivity contribution in [1.29, 1.82) is 0 Å². The lowest BCUT2D eigenvalue weighted by Gasteiger charge is -2.32. The van der Waals surface area contributed by atoms with Gasteiger partial charge in [0.15, 0.2) is 17.5 Å². The van der Waals surface area contributed by atoms with Gasteiger partial charge in [0, 0.05) is 46.4 Å². The van der Waals surface area contributed by atoms with Gasteiger partial charge in [0.2, 0.25) is 0 Å². The predicted octanol–water partition coefficient (Wildman–Crippen LogP) is 1.93. The molecule has 25 heavy (non-hydrogen) atoms. The third-order valence-electron chi connectivity index (χ3n) is 4.24. The van der Waals surface area contributed by atoms with Crippen molar-refractivity contribution < 1.29 is 14.2 Å². The van der Waals surface area contributed by atoms with Gasteiger partial charge in [-0.3, -0.25) is 4.99 Å². The molecule has 1 heterocycles. The number of nitrogens with zero attached hydrogens (tertiary/aromatic N) is 2. The lowest BCUT2D eigenvalue weighted by atomic mass is 10.1. The summed E-state index contributed by atoms with van der Waals surface area (Å²) in [7, 11) is 3.45. The van der Waals surface area contributed by atoms with Crippen LogP contribution in [0.15, 0.2) is 23.2 Å². The van der Waals surface area contributed by atoms with Gasteiger partial charge >= 0.3 is 0 Å². The number of likely N-dealkylation sites (tertiary alicyclic amines) is 1. The Morgan fingerprint density at radius 2 is 2.12 bits per heavy atom. The van der Waals surface area contributed by atoms with Crippen molar-refractivity contribution in [2.75, 3.05) is 40.4 Å². The Labute approximate surface area is 165 Å². The van der Waals surface area contributed by atoms with Crippen LogP contribution in [-0.2, 0) is 11.3 Å². The minimum atomic E-state index is -0.610. The molecule has 1 fully saturated rings. The molecule has 0 radical (unpaired) electrons. The molecule has 1 saturated heterocycles. The Balaban J connectivity index is 0.00000312. The first-order valence-corrected chi connectivity index (χ1v) is 8.28. The number of rotatable bonds is 6. The quantitative estimate of drug-likeness (QED) is 0.340. The molecule has 2 rings (SSSR count). The number of halogens is 2. The Bertz CT molecular complexity index is 551. The number of guanidine groups is 1. The van der Waals surface area contributed by atoms with Gasteiger partial charge in [-0.1, -0.05) is 6.07 Å². The van der Waals surface area contributed by atoms with Crippen molar-refractivity contribution in [3.05, 3.63) is 29.6 Å². The summed E-state index contributed by atoms with van der Waals surface area (Å²) in [6.07, 6.45) is 2.11. The number of aliphatic imine (C=N–C) groups is 1. The molecule has 0 aliphatic carbocycles. The monoisotopic (exact) mass is 466 g/mol. The van der Waals surface area contributed by atoms with E-state index >= 15 is 0 Å². The molecular weight excluding hydrogens is 438 g/mol. The minimum Gasteiger partial charge on any atom is -0.505 e. The Hall–Kier alpha value is -1.13. The van der Waals surface area contributed by atoms with Crippen LogP contribution >= 0.6 is 24.0 Å². The van der Waals surface area contributed by atoms with Gasteiger partial charge in [0.05, 0.1) is 6.61 Å². The fraction of sp³-hybridized carbons (Fsp3) is 0.588. The van der Waals surface area contributed by atoms with E-state index in [1.165, 1.54) is 12.1 Å². The summed E-state index contributed by atoms with van der Waals surface area (Å²) in [6, 6.07) is 4.75. The lowest BCUT2D eigenvalue weighted by molar-refractivity contribution is 0.128. The minimum absolute atomic E-state index is 0. The summed E-state index contributed by atoms with van der Waals surface area (Å²) in [5.74, 6) is -0.235. The molecule has 1 aromatic rings. The van der Waals surface area contributed by atoms with E-state index in [9.17, 15) is 9.50 Å². The van der Waals surface area contributed by atoms with Crippen LogP contribution in [0.1, 0.15) is 18.4 Å². The molecule has 8 heteroatoms. The molecule has 0 unspecified atom stereocenters. The molecule has 0 atom stereocenters. The average molecular weight is 466 g/mol. The summed E-state index contributed by atoms with van der Waals surface area (Å²) in [6.45, 7) is 4.28. The maximum atomic E-state index is 13.3. The summed E-state index contributed by atoms with van der Waals surface area (Å²) in [4.78, 5) is 6.62. The highest BCUT2D eigenvalue weighted by atomic mass is 127. The van der Waals surface area contributed by atoms with Gasteiger partial charge in [-0.2, -0.15) is 0 Å². The van der Waals surface area contributed by atoms with Crippen molar-refractivity contribution in [2.24, 2.45) is 4.99 Å². The van der Waals surface area contributed by atoms with Crippen LogP contribution in [0, 0.1) is 5.82 Å². The van der Waals surface area contributed by atoms with Crippen LogP contribution in [0.5, 0.6) is 5.75 Å². The number of ether oxygens (including phenoxy) is 1. The van der Waals surface area contributed by atoms with E-state index in [4.69, 9.17) is 4.74 Å². The van der Waals surface area contributed by atoms with Gasteiger partial charge < -0.3 is 25.4 Å². The molecule has 0 spiro atoms. The van der Waals surface area contributed by atoms with Crippen molar-refractivity contribution in [3.8, 4) is 5.75 Å². The second kappa shape index (κ2) is 11.5. The van der Waals surface area contributed by atoms with Crippen LogP contribution in [0.25, 0.3) is 0 Å². The van der Waals surface area contributed by atoms with Crippen LogP contribution in [0.4, 0.5) is 4.39 Å². The first kappa shape index (κ1) is 21.9. The van der Waals surface area contributed by atoms with E-state index in [0.717, 1.165) is 44.6 Å². The number of hydrogen-bond acceptors (Lipinski definition) is 4. The number of phenolic OH excluding ortho intramolecular Hbond substituents is 1. The molecule has 1 aliphatic heterocycles. The molecule has 0 bridgehead atoms. The summed E-state index contributed by atoms with van der Waals surface area (Å²) in [5.41, 5.74) is 0.752. The van der Waals surface area contributed by atoms with Gasteiger partial charge in [-0.25, -0.2) is 4.39 Å². The van der Waals surface area contributed by atoms with Crippen LogP contribution in [0.2, 0.25) is 0 Å². The van der Waals surface area contributed by atoms with Gasteiger partial charge in [-0.15, -0.1) is 24.0 Å². The fourth-order valence-corrected chi connectivity index (χ4v) is 2.76. The third kappa shape index (κ3) is 7.33. The largest absolute Gasteiger partial charge is 0.505 e. The van der Waals surface area contributed by atoms with Crippen LogP contribution in [-0.4, -0.2) is 62.4 Å². The molecular formula is C17H28FIN4O2. The second-order valence-electron chi connectivity index (χ2n) is 5.96. The first-order valence-electron chi connectivity index (χ1n) is 8.28. The predicted molar refractivity (Wildman–Crippen MR) is 108 cm³/mol. The summed E-state index contributed by atoms with van der Waals surface area (Å²) >= 11 is 0. The number of hydrogen-bond donors (Lipinski definition) is 3.